The zero-order valence-corrected chi connectivity index (χ0v) is 21.7. The third-order valence-electron chi connectivity index (χ3n) is 6.61. The molecule has 1 aromatic heterocycles. The van der Waals surface area contributed by atoms with E-state index in [1.54, 1.807) is 43.5 Å². The first-order valence-electron chi connectivity index (χ1n) is 12.4. The molecule has 1 saturated heterocycles. The van der Waals surface area contributed by atoms with E-state index in [-0.39, 0.29) is 18.3 Å². The maximum Gasteiger partial charge on any atom is 0.406 e. The van der Waals surface area contributed by atoms with Gasteiger partial charge in [-0.15, -0.1) is 0 Å². The molecule has 0 aliphatic carbocycles. The number of benzene rings is 2. The lowest BCUT2D eigenvalue weighted by Crippen LogP contribution is -2.49. The number of methoxy groups -OCH3 is 2. The van der Waals surface area contributed by atoms with Crippen molar-refractivity contribution in [2.24, 2.45) is 0 Å². The number of hydrogen-bond donors (Lipinski definition) is 2. The van der Waals surface area contributed by atoms with E-state index in [1.807, 2.05) is 18.0 Å². The minimum Gasteiger partial charge on any atom is -0.497 e. The van der Waals surface area contributed by atoms with Gasteiger partial charge < -0.3 is 29.6 Å². The fourth-order valence-electron chi connectivity index (χ4n) is 4.64. The molecule has 4 rings (SSSR count). The molecule has 1 aliphatic heterocycles. The number of nitrogens with zero attached hydrogens (tertiary/aromatic N) is 2. The minimum absolute atomic E-state index is 0.201. The summed E-state index contributed by atoms with van der Waals surface area (Å²) in [6, 6.07) is 12.0. The average Bonchev–Trinajstić information content (AvgIpc) is 3.20. The Labute approximate surface area is 219 Å². The van der Waals surface area contributed by atoms with Crippen LogP contribution < -0.4 is 20.1 Å². The van der Waals surface area contributed by atoms with Crippen LogP contribution in [0.3, 0.4) is 0 Å². The van der Waals surface area contributed by atoms with Gasteiger partial charge in [0.25, 0.3) is 0 Å². The first kappa shape index (κ1) is 27.6. The number of hydrogen-bond acceptors (Lipinski definition) is 5. The van der Waals surface area contributed by atoms with Crippen molar-refractivity contribution in [3.05, 3.63) is 53.7 Å². The molecule has 0 spiro atoms. The van der Waals surface area contributed by atoms with Crippen LogP contribution in [0.4, 0.5) is 23.2 Å². The van der Waals surface area contributed by atoms with Gasteiger partial charge in [0.2, 0.25) is 0 Å². The highest BCUT2D eigenvalue weighted by Crippen LogP contribution is 2.29. The Morgan fingerprint density at radius 2 is 1.89 bits per heavy atom. The molecular weight excluding hydrogens is 500 g/mol. The maximum atomic E-state index is 14.4. The highest BCUT2D eigenvalue weighted by atomic mass is 19.4. The van der Waals surface area contributed by atoms with Gasteiger partial charge in [0.15, 0.2) is 0 Å². The number of nitrogens with one attached hydrogen (secondary N) is 2. The summed E-state index contributed by atoms with van der Waals surface area (Å²) < 4.78 is 66.3. The zero-order valence-electron chi connectivity index (χ0n) is 21.7. The van der Waals surface area contributed by atoms with Crippen molar-refractivity contribution in [3.8, 4) is 23.3 Å². The molecule has 3 aromatic rings. The van der Waals surface area contributed by atoms with Crippen LogP contribution in [0.1, 0.15) is 17.7 Å². The van der Waals surface area contributed by atoms with Gasteiger partial charge in [-0.1, -0.05) is 12.0 Å². The van der Waals surface area contributed by atoms with Crippen LogP contribution in [0.5, 0.6) is 11.5 Å². The molecule has 38 heavy (non-hydrogen) atoms. The lowest BCUT2D eigenvalue weighted by molar-refractivity contribution is -0.140. The Bertz CT molecular complexity index is 1310. The van der Waals surface area contributed by atoms with Crippen molar-refractivity contribution in [2.45, 2.75) is 37.9 Å². The number of alkyl halides is 4. The first-order chi connectivity index (χ1) is 18.2. The average molecular weight is 533 g/mol. The summed E-state index contributed by atoms with van der Waals surface area (Å²) in [7, 11) is 4.99. The quantitative estimate of drug-likeness (QED) is 0.322. The fourth-order valence-corrected chi connectivity index (χ4v) is 4.64. The number of halogens is 4. The normalized spacial score (nSPS) is 18.2. The monoisotopic (exact) mass is 532 g/mol. The molecule has 0 amide bonds. The van der Waals surface area contributed by atoms with Crippen LogP contribution in [-0.2, 0) is 13.1 Å². The molecule has 0 radical (unpaired) electrons. The maximum absolute atomic E-state index is 14.4. The van der Waals surface area contributed by atoms with Gasteiger partial charge in [-0.3, -0.25) is 0 Å². The third-order valence-corrected chi connectivity index (χ3v) is 6.61. The van der Waals surface area contributed by atoms with Gasteiger partial charge >= 0.3 is 6.18 Å². The van der Waals surface area contributed by atoms with E-state index in [0.29, 0.717) is 47.6 Å². The lowest BCUT2D eigenvalue weighted by atomic mass is 10.0. The molecule has 0 saturated carbocycles. The molecule has 2 aromatic carbocycles. The molecule has 1 fully saturated rings. The van der Waals surface area contributed by atoms with Crippen LogP contribution in [0.15, 0.2) is 42.5 Å². The number of fused-ring (bicyclic) bond motifs is 1. The van der Waals surface area contributed by atoms with Crippen LogP contribution in [-0.4, -0.2) is 68.8 Å². The van der Waals surface area contributed by atoms with Crippen LogP contribution in [0, 0.1) is 11.8 Å². The predicted octanol–water partition coefficient (Wildman–Crippen LogP) is 4.82. The summed E-state index contributed by atoms with van der Waals surface area (Å²) in [5.41, 5.74) is 2.28. The smallest absolute Gasteiger partial charge is 0.406 e. The number of ether oxygens (including phenoxy) is 2. The van der Waals surface area contributed by atoms with E-state index in [2.05, 4.69) is 22.5 Å². The number of likely N-dealkylation sites (tertiary alicyclic amines) is 1. The highest BCUT2D eigenvalue weighted by Gasteiger charge is 2.30. The van der Waals surface area contributed by atoms with Gasteiger partial charge in [-0.2, -0.15) is 13.2 Å². The zero-order chi connectivity index (χ0) is 27.3. The van der Waals surface area contributed by atoms with Gasteiger partial charge in [-0.05, 0) is 61.8 Å². The van der Waals surface area contributed by atoms with Crippen molar-refractivity contribution >= 4 is 16.6 Å². The van der Waals surface area contributed by atoms with Gasteiger partial charge in [0.05, 0.1) is 32.1 Å². The Morgan fingerprint density at radius 1 is 1.08 bits per heavy atom. The van der Waals surface area contributed by atoms with Gasteiger partial charge in [0, 0.05) is 36.1 Å². The molecule has 2 N–H and O–H groups in total. The molecule has 6 nitrogen and oxygen atoms in total. The van der Waals surface area contributed by atoms with E-state index in [0.717, 1.165) is 12.1 Å². The third kappa shape index (κ3) is 6.91. The van der Waals surface area contributed by atoms with Crippen molar-refractivity contribution in [1.82, 2.24) is 14.8 Å². The molecule has 0 unspecified atom stereocenters. The minimum atomic E-state index is -4.40. The van der Waals surface area contributed by atoms with Crippen LogP contribution >= 0.6 is 0 Å². The van der Waals surface area contributed by atoms with Crippen LogP contribution in [0.25, 0.3) is 10.9 Å². The molecule has 204 valence electrons. The standard InChI is InChI=1S/C28H32F4N4O2/c1-35-12-10-24(23(29)17-35)34-16-19-6-9-26-20(13-19)14-21(36(26)18-28(30,31)32)5-4-11-33-25-8-7-22(37-2)15-27(25)38-3/h6-9,13-15,23-24,33-34H,10-12,16-18H2,1-3H3/t23-,24+/m0/s1. The molecule has 2 heterocycles. The van der Waals surface area contributed by atoms with Gasteiger partial charge in [-0.25, -0.2) is 4.39 Å². The molecule has 0 bridgehead atoms. The van der Waals surface area contributed by atoms with Crippen molar-refractivity contribution in [1.29, 1.82) is 0 Å². The second-order valence-corrected chi connectivity index (χ2v) is 9.40. The van der Waals surface area contributed by atoms with Crippen LogP contribution in [0.2, 0.25) is 0 Å². The predicted molar refractivity (Wildman–Crippen MR) is 141 cm³/mol. The number of piperidine rings is 1. The van der Waals surface area contributed by atoms with E-state index < -0.39 is 18.9 Å². The summed E-state index contributed by atoms with van der Waals surface area (Å²) in [4.78, 5) is 1.96. The summed E-state index contributed by atoms with van der Waals surface area (Å²) in [5.74, 6) is 7.00. The Balaban J connectivity index is 1.51. The van der Waals surface area contributed by atoms with Crippen molar-refractivity contribution in [2.75, 3.05) is 46.2 Å². The van der Waals surface area contributed by atoms with Crippen molar-refractivity contribution < 1.29 is 27.0 Å². The summed E-state index contributed by atoms with van der Waals surface area (Å²) in [6.07, 6.45) is -4.65. The van der Waals surface area contributed by atoms with E-state index >= 15 is 0 Å². The van der Waals surface area contributed by atoms with E-state index in [1.165, 1.54) is 11.7 Å². The van der Waals surface area contributed by atoms with E-state index in [9.17, 15) is 17.6 Å². The van der Waals surface area contributed by atoms with Crippen molar-refractivity contribution in [3.63, 3.8) is 0 Å². The number of aromatic nitrogens is 1. The molecular formula is C28H32F4N4O2. The summed E-state index contributed by atoms with van der Waals surface area (Å²) in [5, 5.41) is 7.04. The molecule has 1 aliphatic rings. The number of rotatable bonds is 8. The van der Waals surface area contributed by atoms with E-state index in [4.69, 9.17) is 9.47 Å². The fraction of sp³-hybridized carbons (Fsp3) is 0.429. The summed E-state index contributed by atoms with van der Waals surface area (Å²) in [6.45, 7) is 0.700. The molecule has 10 heteroatoms. The topological polar surface area (TPSA) is 50.7 Å². The second kappa shape index (κ2) is 12.0. The lowest BCUT2D eigenvalue weighted by Gasteiger charge is -2.32. The first-order valence-corrected chi connectivity index (χ1v) is 12.4. The highest BCUT2D eigenvalue weighted by molar-refractivity contribution is 5.83. The van der Waals surface area contributed by atoms with Gasteiger partial charge in [0.1, 0.15) is 24.2 Å². The summed E-state index contributed by atoms with van der Waals surface area (Å²) >= 11 is 0. The Morgan fingerprint density at radius 3 is 2.61 bits per heavy atom. The number of anilines is 1. The SMILES string of the molecule is COc1ccc(NCC#Cc2cc3cc(CN[C@@H]4CCN(C)C[C@@H]4F)ccc3n2CC(F)(F)F)c(OC)c1. The second-order valence-electron chi connectivity index (χ2n) is 9.40. The Hall–Kier alpha value is -3.42. The Kier molecular flexibility index (Phi) is 8.69. The largest absolute Gasteiger partial charge is 0.497 e. The molecule has 2 atom stereocenters.